The number of benzene rings is 9. The van der Waals surface area contributed by atoms with Crippen molar-refractivity contribution in [3.8, 4) is 61.8 Å². The van der Waals surface area contributed by atoms with Crippen LogP contribution in [-0.4, -0.2) is 16.2 Å². The first kappa shape index (κ1) is 45.2. The Hall–Kier alpha value is -8.95. The van der Waals surface area contributed by atoms with Crippen molar-refractivity contribution in [1.29, 1.82) is 0 Å². The topological polar surface area (TPSA) is 33.5 Å². The maximum atomic E-state index is 15.1. The van der Waals surface area contributed by atoms with Gasteiger partial charge < -0.3 is 14.5 Å². The maximum absolute atomic E-state index is 15.1. The highest BCUT2D eigenvalue weighted by atomic mass is 19.1. The summed E-state index contributed by atoms with van der Waals surface area (Å²) in [5, 5.41) is 2.16. The monoisotopic (exact) mass is 962 g/mol. The Morgan fingerprint density at radius 2 is 1.01 bits per heavy atom. The van der Waals surface area contributed by atoms with E-state index in [1.165, 1.54) is 29.8 Å². The van der Waals surface area contributed by atoms with E-state index >= 15 is 17.6 Å². The zero-order valence-electron chi connectivity index (χ0n) is 40.1. The first-order valence-electron chi connectivity index (χ1n) is 24.1. The summed E-state index contributed by atoms with van der Waals surface area (Å²) in [6.45, 7) is 6.80. The number of hydrogen-bond donors (Lipinski definition) is 0. The lowest BCUT2D eigenvalue weighted by molar-refractivity contribution is 0.483. The molecule has 0 amide bonds. The van der Waals surface area contributed by atoms with Crippen molar-refractivity contribution in [2.45, 2.75) is 26.2 Å². The number of anilines is 4. The zero-order valence-corrected chi connectivity index (χ0v) is 40.1. The fourth-order valence-corrected chi connectivity index (χ4v) is 10.2. The predicted molar refractivity (Wildman–Crippen MR) is 287 cm³/mol. The molecule has 0 atom stereocenters. The number of pyridine rings is 1. The number of aromatic nitrogens is 2. The quantitative estimate of drug-likeness (QED) is 0.135. The molecule has 0 aliphatic carbocycles. The summed E-state index contributed by atoms with van der Waals surface area (Å²) in [5.74, 6) is -0.986. The van der Waals surface area contributed by atoms with Gasteiger partial charge in [-0.3, -0.25) is 4.57 Å². The third kappa shape index (κ3) is 8.52. The van der Waals surface area contributed by atoms with E-state index < -0.39 is 23.3 Å². The molecule has 12 rings (SSSR count). The molecule has 2 aromatic heterocycles. The third-order valence-electron chi connectivity index (χ3n) is 13.6. The molecule has 9 aromatic carbocycles. The molecule has 0 fully saturated rings. The van der Waals surface area contributed by atoms with Gasteiger partial charge in [0, 0.05) is 58.0 Å². The molecule has 0 unspecified atom stereocenters. The number of hydrogen-bond acceptors (Lipinski definition) is 4. The van der Waals surface area contributed by atoms with Crippen LogP contribution in [0.2, 0.25) is 0 Å². The van der Waals surface area contributed by atoms with E-state index in [0.29, 0.717) is 28.3 Å². The standard InChI is InChI=1S/C64H46F4N4O/c1-64(2,3)46-26-27-69-62(34-46)72-58-17-8-7-14-56(58)57-25-24-52(38-61(57)72)73-53-33-43(42-22-20-41(21-23-42)40-12-5-4-6-13-40)32-51(37-53)70-39-71(60-19-10-9-18-59(60)70)63-54(44-28-47(65)35-48(66)29-44)15-11-16-55(63)45-30-49(67)36-50(68)31-45/h4-38H,39H2,1-3H3. The predicted octanol–water partition coefficient (Wildman–Crippen LogP) is 17.7. The van der Waals surface area contributed by atoms with Gasteiger partial charge in [-0.05, 0) is 123 Å². The molecular weight excluding hydrogens is 917 g/mol. The summed E-state index contributed by atoms with van der Waals surface area (Å²) in [5.41, 5.74) is 11.5. The van der Waals surface area contributed by atoms with Crippen molar-refractivity contribution < 1.29 is 22.3 Å². The van der Waals surface area contributed by atoms with Gasteiger partial charge in [-0.15, -0.1) is 0 Å². The second-order valence-electron chi connectivity index (χ2n) is 19.4. The molecule has 0 N–H and O–H groups in total. The minimum absolute atomic E-state index is 0.0880. The molecule has 356 valence electrons. The molecule has 3 heterocycles. The van der Waals surface area contributed by atoms with Gasteiger partial charge in [0.15, 0.2) is 0 Å². The molecule has 1 aliphatic rings. The number of halogens is 4. The van der Waals surface area contributed by atoms with Crippen LogP contribution in [-0.2, 0) is 5.41 Å². The average Bonchev–Trinajstić information content (AvgIpc) is 3.94. The Kier molecular flexibility index (Phi) is 11.2. The molecule has 0 saturated carbocycles. The Balaban J connectivity index is 1.01. The van der Waals surface area contributed by atoms with Gasteiger partial charge in [0.05, 0.1) is 28.1 Å². The van der Waals surface area contributed by atoms with Crippen molar-refractivity contribution in [3.63, 3.8) is 0 Å². The summed E-state index contributed by atoms with van der Waals surface area (Å²) in [4.78, 5) is 9.07. The minimum atomic E-state index is -0.750. The summed E-state index contributed by atoms with van der Waals surface area (Å²) in [7, 11) is 0. The highest BCUT2D eigenvalue weighted by molar-refractivity contribution is 6.09. The Morgan fingerprint density at radius 3 is 1.67 bits per heavy atom. The van der Waals surface area contributed by atoms with Gasteiger partial charge in [-0.1, -0.05) is 124 Å². The van der Waals surface area contributed by atoms with E-state index in [1.807, 2.05) is 77.8 Å². The molecular formula is C64H46F4N4O. The molecule has 0 spiro atoms. The van der Waals surface area contributed by atoms with Crippen molar-refractivity contribution >= 4 is 44.6 Å². The van der Waals surface area contributed by atoms with E-state index in [4.69, 9.17) is 9.72 Å². The molecule has 0 saturated heterocycles. The van der Waals surface area contributed by atoms with Crippen LogP contribution in [0.25, 0.3) is 72.1 Å². The van der Waals surface area contributed by atoms with E-state index in [2.05, 4.69) is 115 Å². The first-order valence-corrected chi connectivity index (χ1v) is 24.1. The fourth-order valence-electron chi connectivity index (χ4n) is 10.2. The smallest absolute Gasteiger partial charge is 0.137 e. The normalized spacial score (nSPS) is 12.5. The van der Waals surface area contributed by atoms with Gasteiger partial charge in [0.1, 0.15) is 47.3 Å². The van der Waals surface area contributed by atoms with Crippen LogP contribution >= 0.6 is 0 Å². The second kappa shape index (κ2) is 18.0. The molecule has 0 radical (unpaired) electrons. The number of nitrogens with zero attached hydrogens (tertiary/aromatic N) is 4. The number of ether oxygens (including phenoxy) is 1. The van der Waals surface area contributed by atoms with Crippen LogP contribution in [0.1, 0.15) is 26.3 Å². The van der Waals surface area contributed by atoms with Crippen molar-refractivity contribution in [2.75, 3.05) is 16.5 Å². The summed E-state index contributed by atoms with van der Waals surface area (Å²) in [6.07, 6.45) is 1.87. The van der Waals surface area contributed by atoms with E-state index in [1.54, 1.807) is 18.2 Å². The number of fused-ring (bicyclic) bond motifs is 4. The minimum Gasteiger partial charge on any atom is -0.457 e. The highest BCUT2D eigenvalue weighted by Gasteiger charge is 2.32. The van der Waals surface area contributed by atoms with Crippen LogP contribution in [0.3, 0.4) is 0 Å². The largest absolute Gasteiger partial charge is 0.457 e. The lowest BCUT2D eigenvalue weighted by atomic mass is 9.88. The Labute approximate surface area is 420 Å². The van der Waals surface area contributed by atoms with Crippen LogP contribution < -0.4 is 14.5 Å². The molecule has 11 aromatic rings. The lowest BCUT2D eigenvalue weighted by Crippen LogP contribution is -2.25. The van der Waals surface area contributed by atoms with Gasteiger partial charge in [0.25, 0.3) is 0 Å². The average molecular weight is 963 g/mol. The number of para-hydroxylation sites is 4. The fraction of sp³-hybridized carbons (Fsp3) is 0.0781. The van der Waals surface area contributed by atoms with Crippen molar-refractivity contribution in [1.82, 2.24) is 9.55 Å². The van der Waals surface area contributed by atoms with E-state index in [9.17, 15) is 0 Å². The van der Waals surface area contributed by atoms with Crippen LogP contribution in [0, 0.1) is 23.3 Å². The van der Waals surface area contributed by atoms with Crippen LogP contribution in [0.5, 0.6) is 11.5 Å². The molecule has 0 bridgehead atoms. The third-order valence-corrected chi connectivity index (χ3v) is 13.6. The van der Waals surface area contributed by atoms with E-state index in [0.717, 1.165) is 79.1 Å². The summed E-state index contributed by atoms with van der Waals surface area (Å²) >= 11 is 0. The SMILES string of the molecule is CC(C)(C)c1ccnc(-n2c3ccccc3c3ccc(Oc4cc(-c5ccc(-c6ccccc6)cc5)cc(N5CN(c6c(-c7cc(F)cc(F)c7)cccc6-c6cc(F)cc(F)c6)c6ccccc65)c4)cc32)c1. The van der Waals surface area contributed by atoms with E-state index in [-0.39, 0.29) is 23.2 Å². The van der Waals surface area contributed by atoms with Gasteiger partial charge in [-0.2, -0.15) is 0 Å². The molecule has 1 aliphatic heterocycles. The summed E-state index contributed by atoms with van der Waals surface area (Å²) < 4.78 is 69.4. The highest BCUT2D eigenvalue weighted by Crippen LogP contribution is 2.51. The van der Waals surface area contributed by atoms with Crippen molar-refractivity contribution in [2.24, 2.45) is 0 Å². The summed E-state index contributed by atoms with van der Waals surface area (Å²) in [6, 6.07) is 63.4. The number of rotatable bonds is 9. The Bertz CT molecular complexity index is 3810. The zero-order chi connectivity index (χ0) is 50.0. The second-order valence-corrected chi connectivity index (χ2v) is 19.4. The van der Waals surface area contributed by atoms with Crippen molar-refractivity contribution in [3.05, 3.63) is 241 Å². The maximum Gasteiger partial charge on any atom is 0.137 e. The Morgan fingerprint density at radius 1 is 0.438 bits per heavy atom. The van der Waals surface area contributed by atoms with Gasteiger partial charge >= 0.3 is 0 Å². The van der Waals surface area contributed by atoms with Gasteiger partial charge in [-0.25, -0.2) is 22.5 Å². The van der Waals surface area contributed by atoms with Crippen LogP contribution in [0.15, 0.2) is 212 Å². The van der Waals surface area contributed by atoms with Gasteiger partial charge in [0.2, 0.25) is 0 Å². The molecule has 9 heteroatoms. The van der Waals surface area contributed by atoms with Crippen LogP contribution in [0.4, 0.5) is 40.3 Å². The first-order chi connectivity index (χ1) is 35.4. The lowest BCUT2D eigenvalue weighted by Gasteiger charge is -2.27. The molecule has 5 nitrogen and oxygen atoms in total. The molecule has 73 heavy (non-hydrogen) atoms.